The van der Waals surface area contributed by atoms with Crippen LogP contribution in [-0.2, 0) is 0 Å². The second-order valence-electron chi connectivity index (χ2n) is 6.94. The SMILES string of the molecule is CC(=O)c1cccc(OCC(O)CN2CCCC3CCCC32)c1. The maximum absolute atomic E-state index is 11.4. The number of hydrogen-bond acceptors (Lipinski definition) is 4. The smallest absolute Gasteiger partial charge is 0.159 e. The quantitative estimate of drug-likeness (QED) is 0.820. The summed E-state index contributed by atoms with van der Waals surface area (Å²) in [5.74, 6) is 1.51. The van der Waals surface area contributed by atoms with Crippen LogP contribution in [0, 0.1) is 5.92 Å². The number of nitrogens with zero attached hydrogens (tertiary/aromatic N) is 1. The summed E-state index contributed by atoms with van der Waals surface area (Å²) in [4.78, 5) is 13.9. The number of Topliss-reactive ketones (excluding diaryl/α,β-unsaturated/α-hetero) is 1. The number of ketones is 1. The predicted molar refractivity (Wildman–Crippen MR) is 89.9 cm³/mol. The lowest BCUT2D eigenvalue weighted by molar-refractivity contribution is 0.0287. The van der Waals surface area contributed by atoms with Gasteiger partial charge in [0.25, 0.3) is 0 Å². The van der Waals surface area contributed by atoms with Crippen molar-refractivity contribution in [3.63, 3.8) is 0 Å². The molecule has 3 unspecified atom stereocenters. The van der Waals surface area contributed by atoms with Gasteiger partial charge < -0.3 is 9.84 Å². The molecule has 1 saturated heterocycles. The Morgan fingerprint density at radius 2 is 2.17 bits per heavy atom. The number of piperidine rings is 1. The highest BCUT2D eigenvalue weighted by atomic mass is 16.5. The molecule has 0 spiro atoms. The Labute approximate surface area is 138 Å². The summed E-state index contributed by atoms with van der Waals surface area (Å²) >= 11 is 0. The summed E-state index contributed by atoms with van der Waals surface area (Å²) in [6, 6.07) is 7.82. The summed E-state index contributed by atoms with van der Waals surface area (Å²) in [5, 5.41) is 10.3. The Bertz CT molecular complexity index is 545. The Balaban J connectivity index is 1.50. The standard InChI is InChI=1S/C19H27NO3/c1-14(21)16-6-2-8-18(11-16)23-13-17(22)12-20-10-4-7-15-5-3-9-19(15)20/h2,6,8,11,15,17,19,22H,3-5,7,9-10,12-13H2,1H3. The van der Waals surface area contributed by atoms with Crippen LogP contribution in [0.15, 0.2) is 24.3 Å². The van der Waals surface area contributed by atoms with Crippen LogP contribution in [0.1, 0.15) is 49.4 Å². The molecule has 1 saturated carbocycles. The van der Waals surface area contributed by atoms with Crippen LogP contribution < -0.4 is 4.74 Å². The van der Waals surface area contributed by atoms with Gasteiger partial charge in [-0.1, -0.05) is 18.6 Å². The van der Waals surface area contributed by atoms with E-state index in [4.69, 9.17) is 4.74 Å². The van der Waals surface area contributed by atoms with Gasteiger partial charge in [0.2, 0.25) is 0 Å². The van der Waals surface area contributed by atoms with Gasteiger partial charge in [0.05, 0.1) is 0 Å². The van der Waals surface area contributed by atoms with Gasteiger partial charge in [-0.3, -0.25) is 9.69 Å². The minimum atomic E-state index is -0.490. The van der Waals surface area contributed by atoms with Crippen molar-refractivity contribution in [1.82, 2.24) is 4.90 Å². The zero-order valence-corrected chi connectivity index (χ0v) is 13.9. The molecule has 4 nitrogen and oxygen atoms in total. The van der Waals surface area contributed by atoms with Crippen LogP contribution in [0.3, 0.4) is 0 Å². The molecule has 0 radical (unpaired) electrons. The number of rotatable bonds is 6. The highest BCUT2D eigenvalue weighted by molar-refractivity contribution is 5.94. The number of β-amino-alcohol motifs (C(OH)–C–C–N with tert-alkyl or cyclic N) is 1. The van der Waals surface area contributed by atoms with Crippen molar-refractivity contribution >= 4 is 5.78 Å². The first-order chi connectivity index (χ1) is 11.1. The molecular formula is C19H27NO3. The molecule has 0 bridgehead atoms. The van der Waals surface area contributed by atoms with E-state index < -0.39 is 6.10 Å². The number of carbonyl (C=O) groups is 1. The van der Waals surface area contributed by atoms with E-state index in [2.05, 4.69) is 4.90 Å². The first-order valence-corrected chi connectivity index (χ1v) is 8.79. The lowest BCUT2D eigenvalue weighted by atomic mass is 9.92. The maximum atomic E-state index is 11.4. The van der Waals surface area contributed by atoms with Crippen molar-refractivity contribution in [1.29, 1.82) is 0 Å². The van der Waals surface area contributed by atoms with Gasteiger partial charge in [-0.2, -0.15) is 0 Å². The van der Waals surface area contributed by atoms with E-state index in [9.17, 15) is 9.90 Å². The summed E-state index contributed by atoms with van der Waals surface area (Å²) < 4.78 is 5.68. The topological polar surface area (TPSA) is 49.8 Å². The molecule has 1 aromatic carbocycles. The minimum Gasteiger partial charge on any atom is -0.491 e. The van der Waals surface area contributed by atoms with E-state index in [0.717, 1.165) is 12.5 Å². The fourth-order valence-electron chi connectivity index (χ4n) is 4.10. The molecule has 2 aliphatic rings. The molecule has 1 aliphatic heterocycles. The van der Waals surface area contributed by atoms with Crippen LogP contribution in [-0.4, -0.2) is 47.6 Å². The molecule has 23 heavy (non-hydrogen) atoms. The number of carbonyl (C=O) groups excluding carboxylic acids is 1. The van der Waals surface area contributed by atoms with E-state index in [1.165, 1.54) is 32.1 Å². The number of aliphatic hydroxyl groups is 1. The molecule has 3 atom stereocenters. The minimum absolute atomic E-state index is 0.0246. The largest absolute Gasteiger partial charge is 0.491 e. The van der Waals surface area contributed by atoms with Crippen molar-refractivity contribution < 1.29 is 14.6 Å². The molecular weight excluding hydrogens is 290 g/mol. The number of hydrogen-bond donors (Lipinski definition) is 1. The summed E-state index contributed by atoms with van der Waals surface area (Å²) in [6.07, 6.45) is 6.07. The van der Waals surface area contributed by atoms with Gasteiger partial charge >= 0.3 is 0 Å². The molecule has 4 heteroatoms. The van der Waals surface area contributed by atoms with Crippen molar-refractivity contribution in [3.8, 4) is 5.75 Å². The summed E-state index contributed by atoms with van der Waals surface area (Å²) in [5.41, 5.74) is 0.641. The van der Waals surface area contributed by atoms with Gasteiger partial charge in [-0.15, -0.1) is 0 Å². The highest BCUT2D eigenvalue weighted by Gasteiger charge is 2.35. The van der Waals surface area contributed by atoms with Crippen LogP contribution in [0.4, 0.5) is 0 Å². The van der Waals surface area contributed by atoms with E-state index in [0.29, 0.717) is 23.9 Å². The Morgan fingerprint density at radius 1 is 1.35 bits per heavy atom. The van der Waals surface area contributed by atoms with Crippen molar-refractivity contribution in [2.24, 2.45) is 5.92 Å². The molecule has 1 aromatic rings. The number of ether oxygens (including phenoxy) is 1. The van der Waals surface area contributed by atoms with Gasteiger partial charge in [-0.25, -0.2) is 0 Å². The van der Waals surface area contributed by atoms with Crippen LogP contribution >= 0.6 is 0 Å². The highest BCUT2D eigenvalue weighted by Crippen LogP contribution is 2.36. The number of likely N-dealkylation sites (tertiary alicyclic amines) is 1. The molecule has 1 heterocycles. The Kier molecular flexibility index (Phi) is 5.34. The number of benzene rings is 1. The van der Waals surface area contributed by atoms with Crippen molar-refractivity contribution in [2.45, 2.75) is 51.2 Å². The average molecular weight is 317 g/mol. The van der Waals surface area contributed by atoms with E-state index >= 15 is 0 Å². The number of fused-ring (bicyclic) bond motifs is 1. The summed E-state index contributed by atoms with van der Waals surface area (Å²) in [7, 11) is 0. The second-order valence-corrected chi connectivity index (χ2v) is 6.94. The normalized spacial score (nSPS) is 25.8. The van der Waals surface area contributed by atoms with Crippen LogP contribution in [0.25, 0.3) is 0 Å². The first kappa shape index (κ1) is 16.5. The van der Waals surface area contributed by atoms with Crippen LogP contribution in [0.2, 0.25) is 0 Å². The number of aliphatic hydroxyl groups excluding tert-OH is 1. The fraction of sp³-hybridized carbons (Fsp3) is 0.632. The molecule has 3 rings (SSSR count). The lowest BCUT2D eigenvalue weighted by Crippen LogP contribution is -2.47. The third-order valence-electron chi connectivity index (χ3n) is 5.24. The first-order valence-electron chi connectivity index (χ1n) is 8.79. The van der Waals surface area contributed by atoms with E-state index in [1.54, 1.807) is 19.1 Å². The Hall–Kier alpha value is -1.39. The van der Waals surface area contributed by atoms with Crippen LogP contribution in [0.5, 0.6) is 5.75 Å². The maximum Gasteiger partial charge on any atom is 0.159 e. The monoisotopic (exact) mass is 317 g/mol. The van der Waals surface area contributed by atoms with Gasteiger partial charge in [-0.05, 0) is 57.2 Å². The zero-order valence-electron chi connectivity index (χ0n) is 13.9. The fourth-order valence-corrected chi connectivity index (χ4v) is 4.10. The zero-order chi connectivity index (χ0) is 16.2. The van der Waals surface area contributed by atoms with E-state index in [1.807, 2.05) is 12.1 Å². The summed E-state index contributed by atoms with van der Waals surface area (Å²) in [6.45, 7) is 3.60. The van der Waals surface area contributed by atoms with Gasteiger partial charge in [0, 0.05) is 18.2 Å². The lowest BCUT2D eigenvalue weighted by Gasteiger charge is -2.38. The third kappa shape index (κ3) is 4.12. The molecule has 1 aliphatic carbocycles. The molecule has 0 aromatic heterocycles. The predicted octanol–water partition coefficient (Wildman–Crippen LogP) is 2.89. The molecule has 0 amide bonds. The van der Waals surface area contributed by atoms with Crippen molar-refractivity contribution in [3.05, 3.63) is 29.8 Å². The average Bonchev–Trinajstić information content (AvgIpc) is 3.03. The molecule has 1 N–H and O–H groups in total. The Morgan fingerprint density at radius 3 is 3.00 bits per heavy atom. The van der Waals surface area contributed by atoms with Gasteiger partial charge in [0.1, 0.15) is 18.5 Å². The molecule has 2 fully saturated rings. The third-order valence-corrected chi connectivity index (χ3v) is 5.24. The van der Waals surface area contributed by atoms with Crippen molar-refractivity contribution in [2.75, 3.05) is 19.7 Å². The van der Waals surface area contributed by atoms with Gasteiger partial charge in [0.15, 0.2) is 5.78 Å². The second kappa shape index (κ2) is 7.45. The van der Waals surface area contributed by atoms with E-state index in [-0.39, 0.29) is 12.4 Å². The molecule has 126 valence electrons.